The van der Waals surface area contributed by atoms with Gasteiger partial charge in [-0.05, 0) is 0 Å². The van der Waals surface area contributed by atoms with Crippen LogP contribution < -0.4 is 6.15 Å². The van der Waals surface area contributed by atoms with Crippen molar-refractivity contribution in [2.24, 2.45) is 0 Å². The third-order valence-electron chi connectivity index (χ3n) is 1.46. The van der Waals surface area contributed by atoms with Gasteiger partial charge in [0.15, 0.2) is 0 Å². The van der Waals surface area contributed by atoms with Gasteiger partial charge in [0.05, 0.1) is 0 Å². The number of benzene rings is 1. The fraction of sp³-hybridized carbons (Fsp3) is 0.250. The molecule has 0 aromatic heterocycles. The van der Waals surface area contributed by atoms with E-state index in [1.165, 1.54) is 3.07 Å². The van der Waals surface area contributed by atoms with Crippen LogP contribution in [-0.4, -0.2) is 18.3 Å². The Hall–Kier alpha value is 0.0751. The second kappa shape index (κ2) is 5.69. The molecule has 0 unspecified atom stereocenters. The molecule has 0 aliphatic heterocycles. The molecule has 0 aliphatic carbocycles. The van der Waals surface area contributed by atoms with Crippen molar-refractivity contribution in [2.75, 3.05) is 13.2 Å². The molecule has 0 saturated heterocycles. The average molecular weight is 338 g/mol. The fourth-order valence-electron chi connectivity index (χ4n) is 0.908. The summed E-state index contributed by atoms with van der Waals surface area (Å²) in [5, 5.41) is 8.52. The molecule has 11 heavy (non-hydrogen) atoms. The normalized spacial score (nSPS) is 9.18. The Labute approximate surface area is 79.5 Å². The molecular formula is C8H11HgNO. The van der Waals surface area contributed by atoms with E-state index in [2.05, 4.69) is 27.3 Å². The molecule has 1 rings (SSSR count). The van der Waals surface area contributed by atoms with E-state index < -0.39 is 24.9 Å². The van der Waals surface area contributed by atoms with Gasteiger partial charge in [-0.3, -0.25) is 0 Å². The van der Waals surface area contributed by atoms with Gasteiger partial charge in [0.2, 0.25) is 0 Å². The van der Waals surface area contributed by atoms with E-state index in [0.29, 0.717) is 0 Å². The number of aliphatic hydroxyl groups excluding tert-OH is 1. The number of hydrogen-bond acceptors (Lipinski definition) is 2. The van der Waals surface area contributed by atoms with Crippen LogP contribution in [0, 0.1) is 0 Å². The van der Waals surface area contributed by atoms with Gasteiger partial charge in [0.1, 0.15) is 0 Å². The van der Waals surface area contributed by atoms with Crippen molar-refractivity contribution >= 4 is 3.07 Å². The van der Waals surface area contributed by atoms with Gasteiger partial charge in [-0.25, -0.2) is 0 Å². The fourth-order valence-corrected chi connectivity index (χ4v) is 5.31. The summed E-state index contributed by atoms with van der Waals surface area (Å²) in [7, 11) is 0. The van der Waals surface area contributed by atoms with Gasteiger partial charge in [-0.2, -0.15) is 0 Å². The van der Waals surface area contributed by atoms with Crippen LogP contribution in [0.4, 0.5) is 0 Å². The molecule has 1 aromatic rings. The van der Waals surface area contributed by atoms with Crippen LogP contribution in [0.1, 0.15) is 0 Å². The van der Waals surface area contributed by atoms with Crippen LogP contribution in [0.5, 0.6) is 0 Å². The van der Waals surface area contributed by atoms with Crippen LogP contribution in [0.2, 0.25) is 0 Å². The zero-order valence-corrected chi connectivity index (χ0v) is 12.0. The quantitative estimate of drug-likeness (QED) is 0.594. The Morgan fingerprint density at radius 2 is 2.00 bits per heavy atom. The maximum atomic E-state index is 8.52. The van der Waals surface area contributed by atoms with Crippen LogP contribution in [0.3, 0.4) is 0 Å². The number of hydrogen-bond donors (Lipinski definition) is 2. The molecule has 2 N–H and O–H groups in total. The Morgan fingerprint density at radius 3 is 2.64 bits per heavy atom. The van der Waals surface area contributed by atoms with E-state index in [1.54, 1.807) is 0 Å². The van der Waals surface area contributed by atoms with Crippen molar-refractivity contribution in [1.29, 1.82) is 0 Å². The molecule has 0 bridgehead atoms. The van der Waals surface area contributed by atoms with Crippen molar-refractivity contribution in [3.05, 3.63) is 30.3 Å². The summed E-state index contributed by atoms with van der Waals surface area (Å²) in [5.74, 6) is 0. The summed E-state index contributed by atoms with van der Waals surface area (Å²) in [6.45, 7) is 1.02. The predicted octanol–water partition coefficient (Wildman–Crippen LogP) is -0.109. The second-order valence-electron chi connectivity index (χ2n) is 2.39. The summed E-state index contributed by atoms with van der Waals surface area (Å²) >= 11 is -1.03. The Morgan fingerprint density at radius 1 is 1.27 bits per heavy atom. The minimum absolute atomic E-state index is 0.257. The standard InChI is InChI=1S/C6H5.C2H6NO.Hg/c1-2-4-6-5-3-1;3-1-2-4;/h1-5H;3-4H,1-2H2;/q;-1;+1. The van der Waals surface area contributed by atoms with Gasteiger partial charge in [-0.1, -0.05) is 0 Å². The monoisotopic (exact) mass is 339 g/mol. The summed E-state index contributed by atoms with van der Waals surface area (Å²) in [6, 6.07) is 10.5. The first-order chi connectivity index (χ1) is 5.43. The molecule has 0 amide bonds. The number of aliphatic hydroxyl groups is 1. The first-order valence-corrected chi connectivity index (χ1v) is 9.29. The van der Waals surface area contributed by atoms with Crippen molar-refractivity contribution in [3.63, 3.8) is 0 Å². The van der Waals surface area contributed by atoms with Crippen LogP contribution >= 0.6 is 0 Å². The SMILES string of the molecule is OCC[NH][Hg][c]1ccccc1. The first-order valence-electron chi connectivity index (χ1n) is 3.79. The van der Waals surface area contributed by atoms with Gasteiger partial charge in [-0.15, -0.1) is 0 Å². The first kappa shape index (κ1) is 9.17. The molecule has 0 saturated carbocycles. The Balaban J connectivity index is 2.28. The topological polar surface area (TPSA) is 32.3 Å². The molecule has 3 heteroatoms. The van der Waals surface area contributed by atoms with E-state index >= 15 is 0 Å². The molecule has 0 aliphatic rings. The summed E-state index contributed by atoms with van der Waals surface area (Å²) in [4.78, 5) is 0. The molecular weight excluding hydrogens is 327 g/mol. The number of nitrogens with one attached hydrogen (secondary N) is 1. The van der Waals surface area contributed by atoms with Gasteiger partial charge < -0.3 is 0 Å². The molecule has 0 atom stereocenters. The maximum absolute atomic E-state index is 8.52. The van der Waals surface area contributed by atoms with E-state index in [-0.39, 0.29) is 6.61 Å². The third-order valence-corrected chi connectivity index (χ3v) is 7.23. The van der Waals surface area contributed by atoms with Crippen molar-refractivity contribution in [3.8, 4) is 0 Å². The third kappa shape index (κ3) is 3.84. The summed E-state index contributed by atoms with van der Waals surface area (Å²) < 4.78 is 4.80. The van der Waals surface area contributed by atoms with Crippen molar-refractivity contribution in [1.82, 2.24) is 3.08 Å². The average Bonchev–Trinajstić information content (AvgIpc) is 2.07. The van der Waals surface area contributed by atoms with Gasteiger partial charge in [0, 0.05) is 0 Å². The molecule has 56 valence electrons. The van der Waals surface area contributed by atoms with Crippen molar-refractivity contribution < 1.29 is 30.0 Å². The summed E-state index contributed by atoms with van der Waals surface area (Å²) in [5.41, 5.74) is 0. The van der Waals surface area contributed by atoms with Crippen molar-refractivity contribution in [2.45, 2.75) is 0 Å². The van der Waals surface area contributed by atoms with E-state index in [0.717, 1.165) is 6.54 Å². The number of rotatable bonds is 4. The van der Waals surface area contributed by atoms with Crippen LogP contribution in [0.15, 0.2) is 30.3 Å². The van der Waals surface area contributed by atoms with Gasteiger partial charge in [0.25, 0.3) is 0 Å². The molecule has 0 fully saturated rings. The van der Waals surface area contributed by atoms with E-state index in [9.17, 15) is 0 Å². The molecule has 0 radical (unpaired) electrons. The molecule has 0 heterocycles. The summed E-state index contributed by atoms with van der Waals surface area (Å²) in [6.07, 6.45) is 0. The van der Waals surface area contributed by atoms with Crippen LogP contribution in [-0.2, 0) is 24.9 Å². The van der Waals surface area contributed by atoms with E-state index in [4.69, 9.17) is 5.11 Å². The second-order valence-corrected chi connectivity index (χ2v) is 8.88. The van der Waals surface area contributed by atoms with Gasteiger partial charge >= 0.3 is 79.6 Å². The molecule has 1 aromatic carbocycles. The predicted molar refractivity (Wildman–Crippen MR) is 41.2 cm³/mol. The Bertz CT molecular complexity index is 191. The molecule has 2 nitrogen and oxygen atoms in total. The zero-order valence-electron chi connectivity index (χ0n) is 6.46. The minimum atomic E-state index is -1.03. The Kier molecular flexibility index (Phi) is 4.74. The molecule has 0 spiro atoms. The van der Waals surface area contributed by atoms with E-state index in [1.807, 2.05) is 6.07 Å². The zero-order chi connectivity index (χ0) is 7.94. The van der Waals surface area contributed by atoms with Crippen LogP contribution in [0.25, 0.3) is 0 Å².